The summed E-state index contributed by atoms with van der Waals surface area (Å²) in [6.45, 7) is 5.73. The third-order valence-corrected chi connectivity index (χ3v) is 6.57. The Labute approximate surface area is 213 Å². The van der Waals surface area contributed by atoms with Crippen LogP contribution in [0.2, 0.25) is 0 Å². The minimum atomic E-state index is -4.12. The Morgan fingerprint density at radius 2 is 1.89 bits per heavy atom. The molecule has 198 valence electrons. The molecular weight excluding hydrogens is 505 g/mol. The van der Waals surface area contributed by atoms with Gasteiger partial charge in [-0.3, -0.25) is 4.79 Å². The molecule has 0 radical (unpaired) electrons. The van der Waals surface area contributed by atoms with Gasteiger partial charge in [-0.05, 0) is 51.8 Å². The molecule has 37 heavy (non-hydrogen) atoms. The molecule has 1 aromatic carbocycles. The van der Waals surface area contributed by atoms with E-state index in [4.69, 9.17) is 4.74 Å². The number of nitrogens with zero attached hydrogens (tertiary/aromatic N) is 4. The SMILES string of the molecule is CC(C)(C)OC(=O)NS(=O)(=O)NC1CCN(c2ccc(F)cc2NC(=O)c2cn3ccnc3cn2)CC1. The lowest BCUT2D eigenvalue weighted by molar-refractivity contribution is 0.0569. The molecule has 0 unspecified atom stereocenters. The Bertz CT molecular complexity index is 1410. The van der Waals surface area contributed by atoms with Crippen molar-refractivity contribution in [1.82, 2.24) is 23.8 Å². The Morgan fingerprint density at radius 3 is 2.59 bits per heavy atom. The van der Waals surface area contributed by atoms with Crippen molar-refractivity contribution >= 4 is 39.2 Å². The van der Waals surface area contributed by atoms with Crippen LogP contribution in [-0.2, 0) is 14.9 Å². The number of rotatable bonds is 6. The van der Waals surface area contributed by atoms with Gasteiger partial charge < -0.3 is 19.4 Å². The van der Waals surface area contributed by atoms with Crippen molar-refractivity contribution in [3.63, 3.8) is 0 Å². The molecule has 2 aromatic heterocycles. The molecule has 3 N–H and O–H groups in total. The number of fused-ring (bicyclic) bond motifs is 1. The highest BCUT2D eigenvalue weighted by molar-refractivity contribution is 7.88. The lowest BCUT2D eigenvalue weighted by atomic mass is 10.0. The average molecular weight is 534 g/mol. The number of carbonyl (C=O) groups excluding carboxylic acids is 2. The third-order valence-electron chi connectivity index (χ3n) is 5.49. The summed E-state index contributed by atoms with van der Waals surface area (Å²) in [6, 6.07) is 3.65. The zero-order valence-electron chi connectivity index (χ0n) is 20.6. The maximum absolute atomic E-state index is 14.1. The van der Waals surface area contributed by atoms with E-state index in [2.05, 4.69) is 20.0 Å². The zero-order chi connectivity index (χ0) is 26.8. The fourth-order valence-electron chi connectivity index (χ4n) is 3.91. The monoisotopic (exact) mass is 533 g/mol. The molecule has 1 saturated heterocycles. The molecule has 3 aromatic rings. The quantitative estimate of drug-likeness (QED) is 0.438. The highest BCUT2D eigenvalue weighted by Gasteiger charge is 2.27. The summed E-state index contributed by atoms with van der Waals surface area (Å²) in [5.41, 5.74) is 0.735. The fourth-order valence-corrected chi connectivity index (χ4v) is 4.90. The first-order chi connectivity index (χ1) is 17.4. The van der Waals surface area contributed by atoms with E-state index in [0.717, 1.165) is 0 Å². The Morgan fingerprint density at radius 1 is 1.16 bits per heavy atom. The van der Waals surface area contributed by atoms with Gasteiger partial charge in [-0.15, -0.1) is 0 Å². The second-order valence-electron chi connectivity index (χ2n) is 9.57. The molecule has 0 aliphatic carbocycles. The molecule has 1 aliphatic heterocycles. The van der Waals surface area contributed by atoms with Crippen molar-refractivity contribution in [2.24, 2.45) is 0 Å². The summed E-state index contributed by atoms with van der Waals surface area (Å²) in [6.07, 6.45) is 6.02. The molecule has 3 heterocycles. The highest BCUT2D eigenvalue weighted by atomic mass is 32.2. The summed E-state index contributed by atoms with van der Waals surface area (Å²) in [5.74, 6) is -1.04. The van der Waals surface area contributed by atoms with Gasteiger partial charge in [0.25, 0.3) is 5.91 Å². The molecule has 1 aliphatic rings. The summed E-state index contributed by atoms with van der Waals surface area (Å²) in [4.78, 5) is 34.8. The van der Waals surface area contributed by atoms with Crippen LogP contribution in [-0.4, -0.2) is 59.5 Å². The van der Waals surface area contributed by atoms with Gasteiger partial charge in [-0.1, -0.05) is 0 Å². The smallest absolute Gasteiger partial charge is 0.422 e. The van der Waals surface area contributed by atoms with Crippen LogP contribution in [0.5, 0.6) is 0 Å². The number of amides is 2. The largest absolute Gasteiger partial charge is 0.443 e. The molecule has 14 heteroatoms. The van der Waals surface area contributed by atoms with Crippen LogP contribution in [0.3, 0.4) is 0 Å². The molecule has 2 amide bonds. The van der Waals surface area contributed by atoms with Crippen molar-refractivity contribution < 1.29 is 27.1 Å². The number of carbonyl (C=O) groups is 2. The standard InChI is InChI=1S/C23H28FN7O5S/c1-23(2,3)36-22(33)29-37(34,35)28-16-6-9-30(10-7-16)19-5-4-15(24)12-17(19)27-21(32)18-14-31-11-8-25-20(31)13-26-18/h4-5,8,11-14,16,28H,6-7,9-10H2,1-3H3,(H,27,32)(H,29,33). The van der Waals surface area contributed by atoms with Crippen molar-refractivity contribution in [3.05, 3.63) is 54.5 Å². The third kappa shape index (κ3) is 6.92. The van der Waals surface area contributed by atoms with E-state index in [1.807, 2.05) is 9.62 Å². The normalized spacial score (nSPS) is 15.0. The highest BCUT2D eigenvalue weighted by Crippen LogP contribution is 2.30. The van der Waals surface area contributed by atoms with E-state index in [-0.39, 0.29) is 11.4 Å². The van der Waals surface area contributed by atoms with Crippen LogP contribution >= 0.6 is 0 Å². The molecule has 1 fully saturated rings. The van der Waals surface area contributed by atoms with Crippen molar-refractivity contribution in [3.8, 4) is 0 Å². The zero-order valence-corrected chi connectivity index (χ0v) is 21.4. The van der Waals surface area contributed by atoms with Crippen LogP contribution in [0.25, 0.3) is 5.65 Å². The molecular formula is C23H28FN7O5S. The minimum absolute atomic E-state index is 0.131. The van der Waals surface area contributed by atoms with E-state index in [1.165, 1.54) is 24.5 Å². The molecule has 0 bridgehead atoms. The number of ether oxygens (including phenoxy) is 1. The second kappa shape index (κ2) is 10.3. The summed E-state index contributed by atoms with van der Waals surface area (Å²) < 4.78 is 49.7. The van der Waals surface area contributed by atoms with Gasteiger partial charge in [0.2, 0.25) is 0 Å². The van der Waals surface area contributed by atoms with Crippen LogP contribution in [0.15, 0.2) is 43.0 Å². The van der Waals surface area contributed by atoms with Gasteiger partial charge in [0.1, 0.15) is 17.1 Å². The van der Waals surface area contributed by atoms with Crippen LogP contribution < -0.4 is 19.7 Å². The van der Waals surface area contributed by atoms with Gasteiger partial charge in [-0.25, -0.2) is 23.9 Å². The molecule has 4 rings (SSSR count). The maximum Gasteiger partial charge on any atom is 0.422 e. The number of hydrogen-bond donors (Lipinski definition) is 3. The Kier molecular flexibility index (Phi) is 7.32. The average Bonchev–Trinajstić information content (AvgIpc) is 3.26. The maximum atomic E-state index is 14.1. The topological polar surface area (TPSA) is 147 Å². The van der Waals surface area contributed by atoms with Gasteiger partial charge in [0.05, 0.1) is 17.6 Å². The minimum Gasteiger partial charge on any atom is -0.443 e. The lowest BCUT2D eigenvalue weighted by Crippen LogP contribution is -2.50. The second-order valence-corrected chi connectivity index (χ2v) is 11.0. The lowest BCUT2D eigenvalue weighted by Gasteiger charge is -2.34. The summed E-state index contributed by atoms with van der Waals surface area (Å²) >= 11 is 0. The predicted molar refractivity (Wildman–Crippen MR) is 134 cm³/mol. The summed E-state index contributed by atoms with van der Waals surface area (Å²) in [5, 5.41) is 2.72. The van der Waals surface area contributed by atoms with E-state index < -0.39 is 39.7 Å². The van der Waals surface area contributed by atoms with Crippen LogP contribution in [0, 0.1) is 5.82 Å². The number of hydrogen-bond acceptors (Lipinski definition) is 8. The van der Waals surface area contributed by atoms with Gasteiger partial charge in [0.15, 0.2) is 5.65 Å². The molecule has 12 nitrogen and oxygen atoms in total. The van der Waals surface area contributed by atoms with Gasteiger partial charge >= 0.3 is 16.3 Å². The fraction of sp³-hybridized carbons (Fsp3) is 0.391. The molecule has 0 spiro atoms. The molecule has 0 saturated carbocycles. The first-order valence-corrected chi connectivity index (χ1v) is 13.0. The van der Waals surface area contributed by atoms with Crippen LogP contribution in [0.4, 0.5) is 20.6 Å². The Balaban J connectivity index is 1.39. The number of benzene rings is 1. The van der Waals surface area contributed by atoms with E-state index in [0.29, 0.717) is 37.3 Å². The number of anilines is 2. The van der Waals surface area contributed by atoms with E-state index >= 15 is 0 Å². The molecule has 0 atom stereocenters. The number of aromatic nitrogens is 3. The predicted octanol–water partition coefficient (Wildman–Crippen LogP) is 2.45. The van der Waals surface area contributed by atoms with E-state index in [9.17, 15) is 22.4 Å². The van der Waals surface area contributed by atoms with Crippen molar-refractivity contribution in [1.29, 1.82) is 0 Å². The van der Waals surface area contributed by atoms with Crippen molar-refractivity contribution in [2.75, 3.05) is 23.3 Å². The van der Waals surface area contributed by atoms with Gasteiger partial charge in [-0.2, -0.15) is 13.1 Å². The number of piperidine rings is 1. The summed E-state index contributed by atoms with van der Waals surface area (Å²) in [7, 11) is -4.12. The number of nitrogens with one attached hydrogen (secondary N) is 3. The first-order valence-electron chi connectivity index (χ1n) is 11.6. The number of imidazole rings is 1. The van der Waals surface area contributed by atoms with Gasteiger partial charge in [0, 0.05) is 37.7 Å². The number of halogens is 1. The van der Waals surface area contributed by atoms with Crippen molar-refractivity contribution in [2.45, 2.75) is 45.3 Å². The van der Waals surface area contributed by atoms with Crippen LogP contribution in [0.1, 0.15) is 44.1 Å². The Hall–Kier alpha value is -3.78. The first kappa shape index (κ1) is 26.3. The van der Waals surface area contributed by atoms with E-state index in [1.54, 1.807) is 43.6 Å².